The van der Waals surface area contributed by atoms with Gasteiger partial charge in [-0.2, -0.15) is 0 Å². The smallest absolute Gasteiger partial charge is 0.115 e. The van der Waals surface area contributed by atoms with Crippen LogP contribution in [-0.2, 0) is 0 Å². The van der Waals surface area contributed by atoms with Crippen LogP contribution in [0.4, 0.5) is 0 Å². The van der Waals surface area contributed by atoms with Crippen LogP contribution in [0, 0.1) is 6.92 Å². The summed E-state index contributed by atoms with van der Waals surface area (Å²) in [6.07, 6.45) is 4.10. The number of rotatable bonds is 3. The highest BCUT2D eigenvalue weighted by molar-refractivity contribution is 5.55. The lowest BCUT2D eigenvalue weighted by atomic mass is 10.1. The van der Waals surface area contributed by atoms with Gasteiger partial charge in [0.05, 0.1) is 0 Å². The molecule has 0 bridgehead atoms. The van der Waals surface area contributed by atoms with Gasteiger partial charge in [-0.1, -0.05) is 18.2 Å². The molecular weight excluding hydrogens is 162 g/mol. The zero-order chi connectivity index (χ0) is 9.68. The van der Waals surface area contributed by atoms with Crippen LogP contribution < -0.4 is 5.32 Å². The Kier molecular flexibility index (Phi) is 3.53. The standard InChI is InChI=1S/C11H15NO/c1-9-8-11(13)6-5-10(9)4-3-7-12-2/h3-6,8,12-13H,7H2,1-2H3. The van der Waals surface area contributed by atoms with Crippen LogP contribution >= 0.6 is 0 Å². The normalized spacial score (nSPS) is 10.9. The first-order chi connectivity index (χ1) is 6.24. The van der Waals surface area contributed by atoms with E-state index < -0.39 is 0 Å². The molecule has 0 unspecified atom stereocenters. The fourth-order valence-corrected chi connectivity index (χ4v) is 1.15. The number of aryl methyl sites for hydroxylation is 1. The van der Waals surface area contributed by atoms with Crippen LogP contribution in [0.15, 0.2) is 24.3 Å². The molecule has 0 fully saturated rings. The number of phenols is 1. The molecule has 0 radical (unpaired) electrons. The van der Waals surface area contributed by atoms with Crippen molar-refractivity contribution in [3.8, 4) is 5.75 Å². The summed E-state index contributed by atoms with van der Waals surface area (Å²) in [5.74, 6) is 0.322. The lowest BCUT2D eigenvalue weighted by Crippen LogP contribution is -2.03. The van der Waals surface area contributed by atoms with Gasteiger partial charge in [-0.25, -0.2) is 0 Å². The van der Waals surface area contributed by atoms with Crippen LogP contribution in [0.25, 0.3) is 6.08 Å². The maximum absolute atomic E-state index is 9.17. The second-order valence-corrected chi connectivity index (χ2v) is 3.00. The van der Waals surface area contributed by atoms with E-state index in [-0.39, 0.29) is 0 Å². The molecule has 0 saturated carbocycles. The highest BCUT2D eigenvalue weighted by Crippen LogP contribution is 2.16. The SMILES string of the molecule is CNCC=Cc1ccc(O)cc1C. The minimum atomic E-state index is 0.322. The average Bonchev–Trinajstić information content (AvgIpc) is 2.09. The van der Waals surface area contributed by atoms with Crippen molar-refractivity contribution in [2.45, 2.75) is 6.92 Å². The minimum absolute atomic E-state index is 0.322. The summed E-state index contributed by atoms with van der Waals surface area (Å²) in [5.41, 5.74) is 2.24. The summed E-state index contributed by atoms with van der Waals surface area (Å²) >= 11 is 0. The largest absolute Gasteiger partial charge is 0.508 e. The number of nitrogens with one attached hydrogen (secondary N) is 1. The van der Waals surface area contributed by atoms with Gasteiger partial charge in [0.2, 0.25) is 0 Å². The third-order valence-corrected chi connectivity index (χ3v) is 1.87. The summed E-state index contributed by atoms with van der Waals surface area (Å²) in [4.78, 5) is 0. The molecule has 2 N–H and O–H groups in total. The highest BCUT2D eigenvalue weighted by atomic mass is 16.3. The Bertz CT molecular complexity index is 305. The Morgan fingerprint density at radius 2 is 2.23 bits per heavy atom. The molecule has 0 aliphatic carbocycles. The van der Waals surface area contributed by atoms with Gasteiger partial charge >= 0.3 is 0 Å². The van der Waals surface area contributed by atoms with Crippen molar-refractivity contribution in [1.29, 1.82) is 0 Å². The number of phenolic OH excluding ortho intramolecular Hbond substituents is 1. The molecule has 1 aromatic carbocycles. The highest BCUT2D eigenvalue weighted by Gasteiger charge is 1.94. The van der Waals surface area contributed by atoms with E-state index in [2.05, 4.69) is 11.4 Å². The van der Waals surface area contributed by atoms with Gasteiger partial charge in [0.25, 0.3) is 0 Å². The molecule has 0 saturated heterocycles. The fourth-order valence-electron chi connectivity index (χ4n) is 1.15. The predicted octanol–water partition coefficient (Wildman–Crippen LogP) is 1.93. The molecule has 0 aliphatic rings. The second-order valence-electron chi connectivity index (χ2n) is 3.00. The number of aromatic hydroxyl groups is 1. The number of hydrogen-bond donors (Lipinski definition) is 2. The third-order valence-electron chi connectivity index (χ3n) is 1.87. The van der Waals surface area contributed by atoms with E-state index in [0.717, 1.165) is 17.7 Å². The molecule has 0 atom stereocenters. The molecule has 0 heterocycles. The lowest BCUT2D eigenvalue weighted by Gasteiger charge is -2.00. The maximum atomic E-state index is 9.17. The van der Waals surface area contributed by atoms with Crippen molar-refractivity contribution in [3.63, 3.8) is 0 Å². The van der Waals surface area contributed by atoms with Crippen molar-refractivity contribution >= 4 is 6.08 Å². The molecule has 1 rings (SSSR count). The number of hydrogen-bond acceptors (Lipinski definition) is 2. The van der Waals surface area contributed by atoms with Crippen molar-refractivity contribution in [3.05, 3.63) is 35.4 Å². The first kappa shape index (κ1) is 9.81. The minimum Gasteiger partial charge on any atom is -0.508 e. The van der Waals surface area contributed by atoms with Crippen molar-refractivity contribution < 1.29 is 5.11 Å². The van der Waals surface area contributed by atoms with E-state index in [4.69, 9.17) is 0 Å². The van der Waals surface area contributed by atoms with Gasteiger partial charge < -0.3 is 10.4 Å². The fraction of sp³-hybridized carbons (Fsp3) is 0.273. The van der Waals surface area contributed by atoms with Crippen molar-refractivity contribution in [1.82, 2.24) is 5.32 Å². The Labute approximate surface area is 78.9 Å². The Morgan fingerprint density at radius 3 is 2.85 bits per heavy atom. The molecule has 0 aliphatic heterocycles. The summed E-state index contributed by atoms with van der Waals surface area (Å²) in [7, 11) is 1.91. The number of likely N-dealkylation sites (N-methyl/N-ethyl adjacent to an activating group) is 1. The van der Waals surface area contributed by atoms with E-state index >= 15 is 0 Å². The van der Waals surface area contributed by atoms with E-state index in [9.17, 15) is 5.11 Å². The second kappa shape index (κ2) is 4.67. The van der Waals surface area contributed by atoms with Gasteiger partial charge in [0.15, 0.2) is 0 Å². The van der Waals surface area contributed by atoms with Crippen molar-refractivity contribution in [2.75, 3.05) is 13.6 Å². The Balaban J connectivity index is 2.77. The van der Waals surface area contributed by atoms with Gasteiger partial charge in [0.1, 0.15) is 5.75 Å². The van der Waals surface area contributed by atoms with E-state index in [1.165, 1.54) is 0 Å². The van der Waals surface area contributed by atoms with E-state index in [1.54, 1.807) is 12.1 Å². The first-order valence-corrected chi connectivity index (χ1v) is 4.35. The monoisotopic (exact) mass is 177 g/mol. The van der Waals surface area contributed by atoms with Gasteiger partial charge in [-0.05, 0) is 37.2 Å². The topological polar surface area (TPSA) is 32.3 Å². The molecule has 0 aromatic heterocycles. The number of benzene rings is 1. The molecule has 0 amide bonds. The quantitative estimate of drug-likeness (QED) is 0.739. The molecule has 1 aromatic rings. The van der Waals surface area contributed by atoms with Gasteiger partial charge in [-0.3, -0.25) is 0 Å². The summed E-state index contributed by atoms with van der Waals surface area (Å²) in [5, 5.41) is 12.2. The first-order valence-electron chi connectivity index (χ1n) is 4.35. The molecule has 2 heteroatoms. The van der Waals surface area contributed by atoms with Crippen LogP contribution in [0.2, 0.25) is 0 Å². The average molecular weight is 177 g/mol. The zero-order valence-electron chi connectivity index (χ0n) is 8.04. The summed E-state index contributed by atoms with van der Waals surface area (Å²) in [6.45, 7) is 2.85. The third kappa shape index (κ3) is 2.92. The van der Waals surface area contributed by atoms with Crippen LogP contribution in [0.1, 0.15) is 11.1 Å². The molecule has 0 spiro atoms. The summed E-state index contributed by atoms with van der Waals surface area (Å²) < 4.78 is 0. The van der Waals surface area contributed by atoms with Crippen LogP contribution in [-0.4, -0.2) is 18.7 Å². The van der Waals surface area contributed by atoms with Crippen LogP contribution in [0.5, 0.6) is 5.75 Å². The van der Waals surface area contributed by atoms with E-state index in [1.807, 2.05) is 26.1 Å². The van der Waals surface area contributed by atoms with Gasteiger partial charge in [0, 0.05) is 6.54 Å². The zero-order valence-corrected chi connectivity index (χ0v) is 8.04. The molecule has 70 valence electrons. The van der Waals surface area contributed by atoms with Crippen LogP contribution in [0.3, 0.4) is 0 Å². The maximum Gasteiger partial charge on any atom is 0.115 e. The summed E-state index contributed by atoms with van der Waals surface area (Å²) in [6, 6.07) is 5.38. The Hall–Kier alpha value is -1.28. The predicted molar refractivity (Wildman–Crippen MR) is 55.8 cm³/mol. The molecule has 13 heavy (non-hydrogen) atoms. The van der Waals surface area contributed by atoms with E-state index in [0.29, 0.717) is 5.75 Å². The van der Waals surface area contributed by atoms with Gasteiger partial charge in [-0.15, -0.1) is 0 Å². The molecular formula is C11H15NO. The lowest BCUT2D eigenvalue weighted by molar-refractivity contribution is 0.475. The van der Waals surface area contributed by atoms with Crippen molar-refractivity contribution in [2.24, 2.45) is 0 Å². The molecule has 2 nitrogen and oxygen atoms in total. The Morgan fingerprint density at radius 1 is 1.46 bits per heavy atom.